The predicted molar refractivity (Wildman–Crippen MR) is 106 cm³/mol. The van der Waals surface area contributed by atoms with Gasteiger partial charge in [-0.05, 0) is 55.7 Å². The largest absolute Gasteiger partial charge is 0.463 e. The molecule has 0 radical (unpaired) electrons. The number of carbonyl (C=O) groups excluding carboxylic acids is 2. The minimum atomic E-state index is -0.573. The van der Waals surface area contributed by atoms with Gasteiger partial charge in [0.15, 0.2) is 0 Å². The summed E-state index contributed by atoms with van der Waals surface area (Å²) in [6.45, 7) is 5.91. The Hall–Kier alpha value is -3.28. The quantitative estimate of drug-likeness (QED) is 0.730. The fourth-order valence-electron chi connectivity index (χ4n) is 3.14. The van der Waals surface area contributed by atoms with Gasteiger partial charge in [-0.3, -0.25) is 0 Å². The van der Waals surface area contributed by atoms with Gasteiger partial charge in [-0.25, -0.2) is 9.59 Å². The number of aryl methyl sites for hydroxylation is 1. The van der Waals surface area contributed by atoms with Crippen molar-refractivity contribution in [2.24, 2.45) is 0 Å². The van der Waals surface area contributed by atoms with Crippen molar-refractivity contribution in [1.29, 1.82) is 0 Å². The van der Waals surface area contributed by atoms with Crippen LogP contribution in [0.2, 0.25) is 0 Å². The maximum absolute atomic E-state index is 12.5. The van der Waals surface area contributed by atoms with Gasteiger partial charge in [-0.15, -0.1) is 0 Å². The summed E-state index contributed by atoms with van der Waals surface area (Å²) in [5.41, 5.74) is 2.90. The van der Waals surface area contributed by atoms with Crippen LogP contribution in [0, 0.1) is 6.92 Å². The van der Waals surface area contributed by atoms with Crippen LogP contribution in [0.5, 0.6) is 11.5 Å². The van der Waals surface area contributed by atoms with Gasteiger partial charge in [-0.1, -0.05) is 31.2 Å². The van der Waals surface area contributed by atoms with E-state index in [-0.39, 0.29) is 12.6 Å². The van der Waals surface area contributed by atoms with E-state index in [0.29, 0.717) is 23.4 Å². The molecule has 0 saturated carbocycles. The molecule has 1 heterocycles. The number of amides is 2. The van der Waals surface area contributed by atoms with E-state index in [4.69, 9.17) is 9.47 Å². The number of hydrogen-bond acceptors (Lipinski definition) is 4. The number of hydrogen-bond donors (Lipinski definition) is 2. The van der Waals surface area contributed by atoms with Crippen LogP contribution < -0.4 is 15.4 Å². The Morgan fingerprint density at radius 2 is 1.82 bits per heavy atom. The molecule has 6 heteroatoms. The molecule has 0 saturated heterocycles. The first kappa shape index (κ1) is 19.5. The van der Waals surface area contributed by atoms with Gasteiger partial charge >= 0.3 is 12.0 Å². The van der Waals surface area contributed by atoms with Gasteiger partial charge in [-0.2, -0.15) is 0 Å². The van der Waals surface area contributed by atoms with Crippen molar-refractivity contribution in [2.75, 3.05) is 6.61 Å². The molecule has 1 atom stereocenters. The first-order valence-electron chi connectivity index (χ1n) is 9.34. The molecule has 0 fully saturated rings. The second-order valence-corrected chi connectivity index (χ2v) is 6.49. The maximum Gasteiger partial charge on any atom is 0.338 e. The summed E-state index contributed by atoms with van der Waals surface area (Å²) >= 11 is 0. The summed E-state index contributed by atoms with van der Waals surface area (Å²) in [6, 6.07) is 14.2. The standard InChI is InChI=1S/C22H24N2O4/c1-4-18-19(21(25)27-5-2)20(24-22(26)23-18)15-9-11-16(12-10-15)28-17-8-6-7-14(3)13-17/h6-13,20H,4-5H2,1-3H3,(H2,23,24,26). The Labute approximate surface area is 164 Å². The van der Waals surface area contributed by atoms with Gasteiger partial charge in [0.05, 0.1) is 18.2 Å². The van der Waals surface area contributed by atoms with E-state index < -0.39 is 12.0 Å². The van der Waals surface area contributed by atoms with Crippen LogP contribution >= 0.6 is 0 Å². The molecule has 3 rings (SSSR count). The summed E-state index contributed by atoms with van der Waals surface area (Å²) < 4.78 is 11.1. The summed E-state index contributed by atoms with van der Waals surface area (Å²) in [7, 11) is 0. The van der Waals surface area contributed by atoms with Crippen LogP contribution in [0.25, 0.3) is 0 Å². The third kappa shape index (κ3) is 4.34. The Morgan fingerprint density at radius 1 is 1.07 bits per heavy atom. The molecule has 0 aromatic heterocycles. The van der Waals surface area contributed by atoms with Crippen molar-refractivity contribution >= 4 is 12.0 Å². The van der Waals surface area contributed by atoms with E-state index in [1.165, 1.54) is 0 Å². The minimum Gasteiger partial charge on any atom is -0.463 e. The van der Waals surface area contributed by atoms with Crippen molar-refractivity contribution in [3.05, 3.63) is 70.9 Å². The van der Waals surface area contributed by atoms with Gasteiger partial charge in [0.2, 0.25) is 0 Å². The van der Waals surface area contributed by atoms with E-state index >= 15 is 0 Å². The lowest BCUT2D eigenvalue weighted by Gasteiger charge is -2.29. The zero-order chi connectivity index (χ0) is 20.1. The summed E-state index contributed by atoms with van der Waals surface area (Å²) in [6.07, 6.45) is 0.520. The Balaban J connectivity index is 1.88. The zero-order valence-corrected chi connectivity index (χ0v) is 16.2. The molecule has 2 amide bonds. The fraction of sp³-hybridized carbons (Fsp3) is 0.273. The van der Waals surface area contributed by atoms with E-state index in [1.807, 2.05) is 62.4 Å². The van der Waals surface area contributed by atoms with Gasteiger partial charge in [0, 0.05) is 5.70 Å². The third-order valence-corrected chi connectivity index (χ3v) is 4.44. The minimum absolute atomic E-state index is 0.267. The second-order valence-electron chi connectivity index (χ2n) is 6.49. The van der Waals surface area contributed by atoms with E-state index in [2.05, 4.69) is 10.6 Å². The lowest BCUT2D eigenvalue weighted by atomic mass is 9.94. The number of esters is 1. The fourth-order valence-corrected chi connectivity index (χ4v) is 3.14. The number of urea groups is 1. The highest BCUT2D eigenvalue weighted by atomic mass is 16.5. The molecule has 2 aromatic carbocycles. The summed E-state index contributed by atoms with van der Waals surface area (Å²) in [4.78, 5) is 24.6. The van der Waals surface area contributed by atoms with Crippen LogP contribution in [0.15, 0.2) is 59.8 Å². The summed E-state index contributed by atoms with van der Waals surface area (Å²) in [5, 5.41) is 5.52. The monoisotopic (exact) mass is 380 g/mol. The molecule has 1 aliphatic heterocycles. The smallest absolute Gasteiger partial charge is 0.338 e. The molecule has 1 unspecified atom stereocenters. The number of nitrogens with one attached hydrogen (secondary N) is 2. The molecule has 0 spiro atoms. The normalized spacial score (nSPS) is 16.2. The van der Waals surface area contributed by atoms with Crippen LogP contribution in [0.4, 0.5) is 4.79 Å². The van der Waals surface area contributed by atoms with Crippen LogP contribution in [-0.4, -0.2) is 18.6 Å². The van der Waals surface area contributed by atoms with Crippen molar-refractivity contribution in [2.45, 2.75) is 33.2 Å². The Morgan fingerprint density at radius 3 is 2.46 bits per heavy atom. The van der Waals surface area contributed by atoms with E-state index in [0.717, 1.165) is 16.9 Å². The van der Waals surface area contributed by atoms with Crippen molar-refractivity contribution in [3.8, 4) is 11.5 Å². The first-order valence-corrected chi connectivity index (χ1v) is 9.34. The first-order chi connectivity index (χ1) is 13.5. The number of carbonyl (C=O) groups is 2. The lowest BCUT2D eigenvalue weighted by Crippen LogP contribution is -2.45. The molecule has 6 nitrogen and oxygen atoms in total. The molecular weight excluding hydrogens is 356 g/mol. The Bertz CT molecular complexity index is 903. The van der Waals surface area contributed by atoms with Crippen molar-refractivity contribution < 1.29 is 19.1 Å². The molecular formula is C22H24N2O4. The summed E-state index contributed by atoms with van der Waals surface area (Å²) in [5.74, 6) is 0.993. The van der Waals surface area contributed by atoms with Gasteiger partial charge < -0.3 is 20.1 Å². The molecule has 28 heavy (non-hydrogen) atoms. The highest BCUT2D eigenvalue weighted by Crippen LogP contribution is 2.31. The predicted octanol–water partition coefficient (Wildman–Crippen LogP) is 4.37. The third-order valence-electron chi connectivity index (χ3n) is 4.44. The number of benzene rings is 2. The molecule has 2 N–H and O–H groups in total. The van der Waals surface area contributed by atoms with Gasteiger partial charge in [0.1, 0.15) is 11.5 Å². The zero-order valence-electron chi connectivity index (χ0n) is 16.2. The van der Waals surface area contributed by atoms with Crippen molar-refractivity contribution in [1.82, 2.24) is 10.6 Å². The van der Waals surface area contributed by atoms with Gasteiger partial charge in [0.25, 0.3) is 0 Å². The average molecular weight is 380 g/mol. The molecule has 2 aromatic rings. The molecule has 1 aliphatic rings. The molecule has 0 aliphatic carbocycles. The Kier molecular flexibility index (Phi) is 5.99. The highest BCUT2D eigenvalue weighted by Gasteiger charge is 2.32. The average Bonchev–Trinajstić information content (AvgIpc) is 2.68. The van der Waals surface area contributed by atoms with E-state index in [9.17, 15) is 9.59 Å². The van der Waals surface area contributed by atoms with Crippen LogP contribution in [0.1, 0.15) is 37.4 Å². The van der Waals surface area contributed by atoms with Crippen molar-refractivity contribution in [3.63, 3.8) is 0 Å². The maximum atomic E-state index is 12.5. The second kappa shape index (κ2) is 8.61. The number of ether oxygens (including phenoxy) is 2. The topological polar surface area (TPSA) is 76.7 Å². The lowest BCUT2D eigenvalue weighted by molar-refractivity contribution is -0.139. The number of allylic oxidation sites excluding steroid dienone is 1. The highest BCUT2D eigenvalue weighted by molar-refractivity contribution is 5.95. The molecule has 0 bridgehead atoms. The van der Waals surface area contributed by atoms with Crippen LogP contribution in [0.3, 0.4) is 0 Å². The van der Waals surface area contributed by atoms with Crippen LogP contribution in [-0.2, 0) is 9.53 Å². The van der Waals surface area contributed by atoms with E-state index in [1.54, 1.807) is 6.92 Å². The SMILES string of the molecule is CCOC(=O)C1=C(CC)NC(=O)NC1c1ccc(Oc2cccc(C)c2)cc1. The molecule has 146 valence electrons. The number of rotatable bonds is 6.